The number of ether oxygens (including phenoxy) is 1. The maximum atomic E-state index is 12.7. The monoisotopic (exact) mass is 390 g/mol. The Morgan fingerprint density at radius 3 is 2.85 bits per heavy atom. The van der Waals surface area contributed by atoms with Gasteiger partial charge in [-0.2, -0.15) is 13.2 Å². The van der Waals surface area contributed by atoms with Crippen molar-refractivity contribution < 1.29 is 17.9 Å². The van der Waals surface area contributed by atoms with Gasteiger partial charge in [0.05, 0.1) is 19.8 Å². The van der Waals surface area contributed by atoms with Gasteiger partial charge in [0.2, 0.25) is 0 Å². The van der Waals surface area contributed by atoms with Gasteiger partial charge in [-0.3, -0.25) is 9.89 Å². The van der Waals surface area contributed by atoms with Gasteiger partial charge >= 0.3 is 6.18 Å². The molecule has 0 saturated carbocycles. The molecule has 2 aliphatic rings. The second kappa shape index (κ2) is 10.9. The van der Waals surface area contributed by atoms with Crippen LogP contribution in [-0.2, 0) is 4.74 Å². The van der Waals surface area contributed by atoms with Gasteiger partial charge in [0.15, 0.2) is 5.96 Å². The third kappa shape index (κ3) is 8.09. The first kappa shape index (κ1) is 22.0. The first-order valence-electron chi connectivity index (χ1n) is 9.99. The topological polar surface area (TPSA) is 40.1 Å². The number of likely N-dealkylation sites (tertiary alicyclic amines) is 1. The summed E-state index contributed by atoms with van der Waals surface area (Å²) in [6.45, 7) is 8.49. The number of hydrogen-bond acceptors (Lipinski definition) is 3. The molecule has 0 radical (unpaired) electrons. The number of hydrogen-bond donors (Lipinski definition) is 1. The summed E-state index contributed by atoms with van der Waals surface area (Å²) in [5, 5.41) is 3.33. The molecule has 8 heteroatoms. The van der Waals surface area contributed by atoms with Crippen molar-refractivity contribution in [3.63, 3.8) is 0 Å². The fourth-order valence-corrected chi connectivity index (χ4v) is 3.62. The van der Waals surface area contributed by atoms with E-state index in [0.29, 0.717) is 19.7 Å². The summed E-state index contributed by atoms with van der Waals surface area (Å²) in [5.74, 6) is 1.13. The molecule has 0 aromatic carbocycles. The van der Waals surface area contributed by atoms with Crippen LogP contribution < -0.4 is 5.32 Å². The van der Waals surface area contributed by atoms with Gasteiger partial charge in [-0.15, -0.1) is 0 Å². The predicted molar refractivity (Wildman–Crippen MR) is 102 cm³/mol. The van der Waals surface area contributed by atoms with Crippen LogP contribution >= 0.6 is 0 Å². The van der Waals surface area contributed by atoms with Crippen molar-refractivity contribution in [3.8, 4) is 0 Å². The summed E-state index contributed by atoms with van der Waals surface area (Å²) in [6, 6.07) is 0. The SMILES string of the molecule is CCNC(=NCCC1=CCOCC1)N1CCC(CN(CC)CC(F)(F)F)C1. The molecular weight excluding hydrogens is 357 g/mol. The van der Waals surface area contributed by atoms with E-state index in [4.69, 9.17) is 9.73 Å². The van der Waals surface area contributed by atoms with Gasteiger partial charge in [-0.1, -0.05) is 18.6 Å². The molecule has 1 saturated heterocycles. The van der Waals surface area contributed by atoms with Crippen molar-refractivity contribution in [2.24, 2.45) is 10.9 Å². The molecule has 2 heterocycles. The average Bonchev–Trinajstić information content (AvgIpc) is 3.08. The lowest BCUT2D eigenvalue weighted by atomic mass is 10.1. The summed E-state index contributed by atoms with van der Waals surface area (Å²) >= 11 is 0. The normalized spacial score (nSPS) is 21.7. The van der Waals surface area contributed by atoms with Crippen molar-refractivity contribution in [2.45, 2.75) is 39.3 Å². The summed E-state index contributed by atoms with van der Waals surface area (Å²) in [5.41, 5.74) is 1.39. The van der Waals surface area contributed by atoms with E-state index in [-0.39, 0.29) is 5.92 Å². The number of aliphatic imine (C=N–C) groups is 1. The van der Waals surface area contributed by atoms with E-state index in [2.05, 4.69) is 16.3 Å². The Bertz CT molecular complexity index is 508. The smallest absolute Gasteiger partial charge is 0.377 e. The second-order valence-corrected chi connectivity index (χ2v) is 7.22. The summed E-state index contributed by atoms with van der Waals surface area (Å²) in [6.07, 6.45) is 0.817. The Morgan fingerprint density at radius 2 is 2.22 bits per heavy atom. The third-order valence-electron chi connectivity index (χ3n) is 5.04. The Balaban J connectivity index is 1.84. The lowest BCUT2D eigenvalue weighted by Crippen LogP contribution is -2.42. The predicted octanol–water partition coefficient (Wildman–Crippen LogP) is 2.89. The van der Waals surface area contributed by atoms with Crippen LogP contribution in [0.25, 0.3) is 0 Å². The number of nitrogens with one attached hydrogen (secondary N) is 1. The maximum Gasteiger partial charge on any atom is 0.401 e. The highest BCUT2D eigenvalue weighted by Crippen LogP contribution is 2.21. The summed E-state index contributed by atoms with van der Waals surface area (Å²) in [4.78, 5) is 8.42. The highest BCUT2D eigenvalue weighted by Gasteiger charge is 2.33. The molecule has 0 aliphatic carbocycles. The third-order valence-corrected chi connectivity index (χ3v) is 5.04. The van der Waals surface area contributed by atoms with Crippen LogP contribution in [-0.4, -0.2) is 81.0 Å². The van der Waals surface area contributed by atoms with Crippen LogP contribution in [0.15, 0.2) is 16.6 Å². The van der Waals surface area contributed by atoms with Crippen molar-refractivity contribution in [1.82, 2.24) is 15.1 Å². The van der Waals surface area contributed by atoms with Gasteiger partial charge in [-0.05, 0) is 38.6 Å². The molecule has 1 fully saturated rings. The van der Waals surface area contributed by atoms with Gasteiger partial charge in [0, 0.05) is 32.7 Å². The molecule has 0 spiro atoms. The first-order valence-corrected chi connectivity index (χ1v) is 9.99. The van der Waals surface area contributed by atoms with E-state index in [1.165, 1.54) is 10.5 Å². The van der Waals surface area contributed by atoms with E-state index in [1.807, 2.05) is 6.92 Å². The fraction of sp³-hybridized carbons (Fsp3) is 0.842. The molecule has 0 aromatic rings. The molecule has 1 atom stereocenters. The largest absolute Gasteiger partial charge is 0.401 e. The minimum absolute atomic E-state index is 0.245. The summed E-state index contributed by atoms with van der Waals surface area (Å²) in [7, 11) is 0. The number of nitrogens with zero attached hydrogens (tertiary/aromatic N) is 3. The molecular formula is C19H33F3N4O. The van der Waals surface area contributed by atoms with Crippen molar-refractivity contribution in [3.05, 3.63) is 11.6 Å². The molecule has 2 aliphatic heterocycles. The lowest BCUT2D eigenvalue weighted by molar-refractivity contribution is -0.146. The van der Waals surface area contributed by atoms with Crippen LogP contribution in [0.1, 0.15) is 33.1 Å². The first-order chi connectivity index (χ1) is 12.9. The van der Waals surface area contributed by atoms with Crippen LogP contribution in [0.4, 0.5) is 13.2 Å². The molecule has 27 heavy (non-hydrogen) atoms. The van der Waals surface area contributed by atoms with Crippen LogP contribution in [0.3, 0.4) is 0 Å². The highest BCUT2D eigenvalue weighted by atomic mass is 19.4. The van der Waals surface area contributed by atoms with Crippen LogP contribution in [0, 0.1) is 5.92 Å². The van der Waals surface area contributed by atoms with Gasteiger partial charge in [-0.25, -0.2) is 0 Å². The standard InChI is InChI=1S/C19H33F3N4O/c1-3-23-18(24-9-5-16-7-11-27-12-8-16)26-10-6-17(14-26)13-25(4-2)15-19(20,21)22/h7,17H,3-6,8-15H2,1-2H3,(H,23,24). The summed E-state index contributed by atoms with van der Waals surface area (Å²) < 4.78 is 43.3. The quantitative estimate of drug-likeness (QED) is 0.393. The Hall–Kier alpha value is -1.28. The van der Waals surface area contributed by atoms with Crippen molar-refractivity contribution in [1.29, 1.82) is 0 Å². The number of guanidine groups is 1. The molecule has 5 nitrogen and oxygen atoms in total. The van der Waals surface area contributed by atoms with E-state index in [1.54, 1.807) is 6.92 Å². The van der Waals surface area contributed by atoms with Crippen molar-refractivity contribution >= 4 is 5.96 Å². The second-order valence-electron chi connectivity index (χ2n) is 7.22. The zero-order valence-electron chi connectivity index (χ0n) is 16.5. The molecule has 0 aromatic heterocycles. The number of rotatable bonds is 8. The van der Waals surface area contributed by atoms with E-state index in [0.717, 1.165) is 58.0 Å². The molecule has 2 rings (SSSR count). The lowest BCUT2D eigenvalue weighted by Gasteiger charge is -2.26. The maximum absolute atomic E-state index is 12.7. The minimum Gasteiger partial charge on any atom is -0.377 e. The molecule has 0 bridgehead atoms. The van der Waals surface area contributed by atoms with Gasteiger partial charge in [0.1, 0.15) is 0 Å². The molecule has 156 valence electrons. The molecule has 1 unspecified atom stereocenters. The number of halogens is 3. The fourth-order valence-electron chi connectivity index (χ4n) is 3.62. The van der Waals surface area contributed by atoms with E-state index in [9.17, 15) is 13.2 Å². The Kier molecular flexibility index (Phi) is 8.89. The van der Waals surface area contributed by atoms with E-state index < -0.39 is 12.7 Å². The van der Waals surface area contributed by atoms with Crippen LogP contribution in [0.2, 0.25) is 0 Å². The van der Waals surface area contributed by atoms with E-state index >= 15 is 0 Å². The minimum atomic E-state index is -4.14. The zero-order chi connectivity index (χ0) is 19.7. The van der Waals surface area contributed by atoms with Crippen molar-refractivity contribution in [2.75, 3.05) is 59.0 Å². The highest BCUT2D eigenvalue weighted by molar-refractivity contribution is 5.80. The Morgan fingerprint density at radius 1 is 1.41 bits per heavy atom. The molecule has 0 amide bonds. The molecule has 1 N–H and O–H groups in total. The van der Waals surface area contributed by atoms with Gasteiger partial charge in [0.25, 0.3) is 0 Å². The Labute approximate surface area is 160 Å². The zero-order valence-corrected chi connectivity index (χ0v) is 16.5. The van der Waals surface area contributed by atoms with Gasteiger partial charge < -0.3 is 15.0 Å². The average molecular weight is 390 g/mol. The number of alkyl halides is 3. The van der Waals surface area contributed by atoms with Crippen LogP contribution in [0.5, 0.6) is 0 Å².